The Hall–Kier alpha value is -3.80. The van der Waals surface area contributed by atoms with Gasteiger partial charge < -0.3 is 19.7 Å². The Morgan fingerprint density at radius 1 is 1.03 bits per heavy atom. The number of rotatable bonds is 4. The highest BCUT2D eigenvalue weighted by atomic mass is 16.5. The number of benzene rings is 3. The van der Waals surface area contributed by atoms with Crippen LogP contribution in [0.2, 0.25) is 0 Å². The van der Waals surface area contributed by atoms with Crippen molar-refractivity contribution in [3.05, 3.63) is 83.4 Å². The van der Waals surface area contributed by atoms with E-state index in [0.717, 1.165) is 11.3 Å². The van der Waals surface area contributed by atoms with Crippen molar-refractivity contribution in [3.8, 4) is 17.2 Å². The molecule has 0 aliphatic carbocycles. The highest BCUT2D eigenvalue weighted by Gasteiger charge is 2.26. The summed E-state index contributed by atoms with van der Waals surface area (Å²) in [5.74, 6) is 1.33. The standard InChI is InChI=1S/C23H20N2O4/c1-25-19-13-16(22(26)24-14-15-6-5-7-17(12-15)28-2)10-11-21(19)29-20-9-4-3-8-18(20)23(25)27/h3-13H,14H2,1-2H3,(H,24,26). The van der Waals surface area contributed by atoms with Gasteiger partial charge in [0.15, 0.2) is 5.75 Å². The number of hydrogen-bond donors (Lipinski definition) is 1. The van der Waals surface area contributed by atoms with E-state index in [1.807, 2.05) is 30.3 Å². The van der Waals surface area contributed by atoms with Gasteiger partial charge in [0, 0.05) is 19.2 Å². The van der Waals surface area contributed by atoms with Crippen molar-refractivity contribution < 1.29 is 19.1 Å². The first-order valence-electron chi connectivity index (χ1n) is 9.17. The summed E-state index contributed by atoms with van der Waals surface area (Å²) in [5, 5.41) is 2.89. The zero-order chi connectivity index (χ0) is 20.4. The van der Waals surface area contributed by atoms with Gasteiger partial charge in [-0.2, -0.15) is 0 Å². The number of hydrogen-bond acceptors (Lipinski definition) is 4. The number of ether oxygens (including phenoxy) is 2. The lowest BCUT2D eigenvalue weighted by Gasteiger charge is -2.17. The lowest BCUT2D eigenvalue weighted by Crippen LogP contribution is -2.26. The van der Waals surface area contributed by atoms with Gasteiger partial charge in [0.1, 0.15) is 11.5 Å². The molecule has 2 amide bonds. The molecule has 0 spiro atoms. The lowest BCUT2D eigenvalue weighted by atomic mass is 10.1. The molecule has 0 radical (unpaired) electrons. The van der Waals surface area contributed by atoms with Gasteiger partial charge in [0.25, 0.3) is 11.8 Å². The zero-order valence-electron chi connectivity index (χ0n) is 16.1. The number of amides is 2. The third kappa shape index (κ3) is 3.65. The lowest BCUT2D eigenvalue weighted by molar-refractivity contribution is 0.0948. The van der Waals surface area contributed by atoms with E-state index in [1.54, 1.807) is 50.6 Å². The molecule has 3 aromatic rings. The van der Waals surface area contributed by atoms with Crippen molar-refractivity contribution in [2.45, 2.75) is 6.54 Å². The smallest absolute Gasteiger partial charge is 0.261 e. The van der Waals surface area contributed by atoms with Crippen LogP contribution in [0.3, 0.4) is 0 Å². The second-order valence-corrected chi connectivity index (χ2v) is 6.68. The minimum absolute atomic E-state index is 0.187. The number of anilines is 1. The van der Waals surface area contributed by atoms with Gasteiger partial charge >= 0.3 is 0 Å². The van der Waals surface area contributed by atoms with Gasteiger partial charge in [0.2, 0.25) is 0 Å². The predicted octanol–water partition coefficient (Wildman–Crippen LogP) is 4.01. The number of methoxy groups -OCH3 is 1. The van der Waals surface area contributed by atoms with Crippen molar-refractivity contribution >= 4 is 17.5 Å². The number of para-hydroxylation sites is 1. The molecule has 6 heteroatoms. The fourth-order valence-electron chi connectivity index (χ4n) is 3.21. The van der Waals surface area contributed by atoms with Gasteiger partial charge in [-0.15, -0.1) is 0 Å². The second-order valence-electron chi connectivity index (χ2n) is 6.68. The summed E-state index contributed by atoms with van der Waals surface area (Å²) in [7, 11) is 3.27. The van der Waals surface area contributed by atoms with Crippen LogP contribution in [-0.2, 0) is 6.54 Å². The minimum Gasteiger partial charge on any atom is -0.497 e. The van der Waals surface area contributed by atoms with E-state index in [-0.39, 0.29) is 11.8 Å². The average molecular weight is 388 g/mol. The van der Waals surface area contributed by atoms with Crippen molar-refractivity contribution in [2.75, 3.05) is 19.1 Å². The molecule has 0 aromatic heterocycles. The molecule has 6 nitrogen and oxygen atoms in total. The Morgan fingerprint density at radius 2 is 1.86 bits per heavy atom. The van der Waals surface area contributed by atoms with Crippen LogP contribution in [0.15, 0.2) is 66.7 Å². The fourth-order valence-corrected chi connectivity index (χ4v) is 3.21. The molecule has 0 bridgehead atoms. The minimum atomic E-state index is -0.238. The van der Waals surface area contributed by atoms with Crippen molar-refractivity contribution in [3.63, 3.8) is 0 Å². The van der Waals surface area contributed by atoms with Crippen LogP contribution in [0.1, 0.15) is 26.3 Å². The molecule has 1 heterocycles. The zero-order valence-corrected chi connectivity index (χ0v) is 16.1. The Morgan fingerprint density at radius 3 is 2.69 bits per heavy atom. The molecule has 146 valence electrons. The maximum Gasteiger partial charge on any atom is 0.261 e. The fraction of sp³-hybridized carbons (Fsp3) is 0.130. The number of nitrogens with zero attached hydrogens (tertiary/aromatic N) is 1. The van der Waals surface area contributed by atoms with Gasteiger partial charge in [-0.1, -0.05) is 24.3 Å². The van der Waals surface area contributed by atoms with Gasteiger partial charge in [-0.25, -0.2) is 0 Å². The van der Waals surface area contributed by atoms with Crippen LogP contribution in [0.4, 0.5) is 5.69 Å². The monoisotopic (exact) mass is 388 g/mol. The first kappa shape index (κ1) is 18.6. The van der Waals surface area contributed by atoms with E-state index >= 15 is 0 Å². The van der Waals surface area contributed by atoms with E-state index < -0.39 is 0 Å². The first-order chi connectivity index (χ1) is 14.1. The van der Waals surface area contributed by atoms with Crippen LogP contribution < -0.4 is 19.7 Å². The van der Waals surface area contributed by atoms with Crippen LogP contribution in [0.5, 0.6) is 17.2 Å². The Labute approximate surface area is 168 Å². The highest BCUT2D eigenvalue weighted by molar-refractivity contribution is 6.10. The largest absolute Gasteiger partial charge is 0.497 e. The molecule has 29 heavy (non-hydrogen) atoms. The molecule has 3 aromatic carbocycles. The molecule has 1 N–H and O–H groups in total. The van der Waals surface area contributed by atoms with E-state index in [1.165, 1.54) is 4.90 Å². The summed E-state index contributed by atoms with van der Waals surface area (Å²) in [6.07, 6.45) is 0. The molecule has 1 aliphatic rings. The van der Waals surface area contributed by atoms with E-state index in [2.05, 4.69) is 5.32 Å². The predicted molar refractivity (Wildman–Crippen MR) is 110 cm³/mol. The Balaban J connectivity index is 1.56. The van der Waals surface area contributed by atoms with Gasteiger partial charge in [0.05, 0.1) is 18.4 Å². The molecular weight excluding hydrogens is 368 g/mol. The summed E-state index contributed by atoms with van der Waals surface area (Å²) < 4.78 is 11.1. The molecular formula is C23H20N2O4. The van der Waals surface area contributed by atoms with Gasteiger partial charge in [-0.3, -0.25) is 9.59 Å². The summed E-state index contributed by atoms with van der Waals surface area (Å²) in [5.41, 5.74) is 2.40. The topological polar surface area (TPSA) is 67.9 Å². The number of carbonyl (C=O) groups excluding carboxylic acids is 2. The third-order valence-electron chi connectivity index (χ3n) is 4.81. The van der Waals surface area contributed by atoms with Crippen LogP contribution in [0, 0.1) is 0 Å². The molecule has 0 saturated heterocycles. The summed E-state index contributed by atoms with van der Waals surface area (Å²) in [6.45, 7) is 0.365. The van der Waals surface area contributed by atoms with Gasteiger partial charge in [-0.05, 0) is 48.0 Å². The third-order valence-corrected chi connectivity index (χ3v) is 4.81. The summed E-state index contributed by atoms with van der Waals surface area (Å²) >= 11 is 0. The maximum absolute atomic E-state index is 12.8. The normalized spacial score (nSPS) is 12.3. The SMILES string of the molecule is COc1cccc(CNC(=O)c2ccc3c(c2)N(C)C(=O)c2ccccc2O3)c1. The quantitative estimate of drug-likeness (QED) is 0.733. The molecule has 1 aliphatic heterocycles. The molecule has 0 fully saturated rings. The van der Waals surface area contributed by atoms with E-state index in [9.17, 15) is 9.59 Å². The number of carbonyl (C=O) groups is 2. The highest BCUT2D eigenvalue weighted by Crippen LogP contribution is 2.38. The summed E-state index contributed by atoms with van der Waals surface area (Å²) in [4.78, 5) is 26.9. The van der Waals surface area contributed by atoms with Crippen LogP contribution >= 0.6 is 0 Å². The van der Waals surface area contributed by atoms with Crippen molar-refractivity contribution in [1.82, 2.24) is 5.32 Å². The van der Waals surface area contributed by atoms with Crippen molar-refractivity contribution in [1.29, 1.82) is 0 Å². The number of fused-ring (bicyclic) bond motifs is 2. The van der Waals surface area contributed by atoms with Crippen LogP contribution in [0.25, 0.3) is 0 Å². The Bertz CT molecular complexity index is 1090. The Kier molecular flexibility index (Phi) is 4.91. The molecule has 0 saturated carbocycles. The average Bonchev–Trinajstić information content (AvgIpc) is 2.87. The molecule has 0 unspecified atom stereocenters. The first-order valence-corrected chi connectivity index (χ1v) is 9.17. The number of nitrogens with one attached hydrogen (secondary N) is 1. The second kappa shape index (κ2) is 7.67. The molecule has 4 rings (SSSR count). The summed E-state index contributed by atoms with van der Waals surface area (Å²) in [6, 6.07) is 19.7. The van der Waals surface area contributed by atoms with E-state index in [0.29, 0.717) is 34.9 Å². The van der Waals surface area contributed by atoms with Crippen molar-refractivity contribution in [2.24, 2.45) is 0 Å². The molecule has 0 atom stereocenters. The van der Waals surface area contributed by atoms with E-state index in [4.69, 9.17) is 9.47 Å². The maximum atomic E-state index is 12.8. The van der Waals surface area contributed by atoms with Crippen LogP contribution in [-0.4, -0.2) is 26.0 Å².